The van der Waals surface area contributed by atoms with Gasteiger partial charge in [0.05, 0.1) is 11.4 Å². The van der Waals surface area contributed by atoms with Crippen LogP contribution in [-0.4, -0.2) is 42.5 Å². The highest BCUT2D eigenvalue weighted by Crippen LogP contribution is 2.37. The Bertz CT molecular complexity index is 857. The minimum atomic E-state index is -0.473. The zero-order chi connectivity index (χ0) is 18.8. The van der Waals surface area contributed by atoms with Crippen LogP contribution in [0.2, 0.25) is 0 Å². The molecule has 27 heavy (non-hydrogen) atoms. The molecule has 0 radical (unpaired) electrons. The molecule has 0 atom stereocenters. The van der Waals surface area contributed by atoms with Crippen LogP contribution >= 0.6 is 11.3 Å². The van der Waals surface area contributed by atoms with E-state index in [1.807, 2.05) is 30.3 Å². The van der Waals surface area contributed by atoms with E-state index in [-0.39, 0.29) is 18.5 Å². The Kier molecular flexibility index (Phi) is 5.03. The molecule has 2 aliphatic rings. The van der Waals surface area contributed by atoms with E-state index in [9.17, 15) is 9.59 Å². The summed E-state index contributed by atoms with van der Waals surface area (Å²) in [5.74, 6) is 0.876. The van der Waals surface area contributed by atoms with Crippen molar-refractivity contribution in [1.29, 1.82) is 0 Å². The Labute approximate surface area is 161 Å². The number of hydrogen-bond donors (Lipinski definition) is 1. The van der Waals surface area contributed by atoms with Crippen molar-refractivity contribution in [2.24, 2.45) is 5.73 Å². The number of rotatable bonds is 5. The van der Waals surface area contributed by atoms with Gasteiger partial charge in [0.25, 0.3) is 5.91 Å². The van der Waals surface area contributed by atoms with Gasteiger partial charge in [0.1, 0.15) is 13.2 Å². The van der Waals surface area contributed by atoms with Gasteiger partial charge in [-0.15, -0.1) is 11.3 Å². The first kappa shape index (κ1) is 17.9. The number of ether oxygens (including phenoxy) is 2. The summed E-state index contributed by atoms with van der Waals surface area (Å²) in [7, 11) is 0. The maximum Gasteiger partial charge on any atom is 0.264 e. The van der Waals surface area contributed by atoms with Gasteiger partial charge in [0.15, 0.2) is 11.5 Å². The molecule has 1 aliphatic carbocycles. The topological polar surface area (TPSA) is 81.9 Å². The van der Waals surface area contributed by atoms with Crippen molar-refractivity contribution < 1.29 is 19.1 Å². The third-order valence-electron chi connectivity index (χ3n) is 5.00. The highest BCUT2D eigenvalue weighted by atomic mass is 32.1. The van der Waals surface area contributed by atoms with Crippen LogP contribution in [-0.2, 0) is 4.79 Å². The number of thiophene rings is 1. The predicted molar refractivity (Wildman–Crippen MR) is 103 cm³/mol. The maximum atomic E-state index is 13.0. The van der Waals surface area contributed by atoms with Gasteiger partial charge >= 0.3 is 0 Å². The molecule has 1 aromatic carbocycles. The number of nitrogens with two attached hydrogens (primary N) is 1. The van der Waals surface area contributed by atoms with Gasteiger partial charge < -0.3 is 20.1 Å². The second-order valence-electron chi connectivity index (χ2n) is 6.86. The standard InChI is InChI=1S/C20H22N2O4S/c21-19(23)12-22(14-3-1-2-4-14)20(24)18-8-7-17(27-18)13-5-6-15-16(11-13)26-10-9-25-15/h5-8,11,14H,1-4,9-10,12H2,(H2,21,23). The lowest BCUT2D eigenvalue weighted by molar-refractivity contribution is -0.119. The number of carbonyl (C=O) groups excluding carboxylic acids is 2. The molecule has 1 saturated carbocycles. The number of amides is 2. The van der Waals surface area contributed by atoms with Gasteiger partial charge in [-0.2, -0.15) is 0 Å². The molecule has 6 nitrogen and oxygen atoms in total. The van der Waals surface area contributed by atoms with E-state index in [1.54, 1.807) is 4.90 Å². The lowest BCUT2D eigenvalue weighted by Gasteiger charge is -2.27. The summed E-state index contributed by atoms with van der Waals surface area (Å²) < 4.78 is 11.2. The normalized spacial score (nSPS) is 16.3. The molecular formula is C20H22N2O4S. The Morgan fingerprint density at radius 2 is 1.81 bits per heavy atom. The van der Waals surface area contributed by atoms with E-state index < -0.39 is 5.91 Å². The third-order valence-corrected chi connectivity index (χ3v) is 6.12. The Balaban J connectivity index is 1.57. The van der Waals surface area contributed by atoms with E-state index in [2.05, 4.69) is 0 Å². The summed E-state index contributed by atoms with van der Waals surface area (Å²) in [6.07, 6.45) is 4.03. The monoisotopic (exact) mass is 386 g/mol. The number of hydrogen-bond acceptors (Lipinski definition) is 5. The summed E-state index contributed by atoms with van der Waals surface area (Å²) in [6.45, 7) is 1.07. The number of primary amides is 1. The molecule has 0 bridgehead atoms. The first-order chi connectivity index (χ1) is 13.1. The molecule has 0 unspecified atom stereocenters. The van der Waals surface area contributed by atoms with Gasteiger partial charge in [-0.25, -0.2) is 0 Å². The molecule has 2 heterocycles. The molecule has 142 valence electrons. The van der Waals surface area contributed by atoms with Crippen molar-refractivity contribution >= 4 is 23.2 Å². The fraction of sp³-hybridized carbons (Fsp3) is 0.400. The van der Waals surface area contributed by atoms with E-state index >= 15 is 0 Å². The van der Waals surface area contributed by atoms with E-state index in [0.717, 1.165) is 47.6 Å². The van der Waals surface area contributed by atoms with Gasteiger partial charge in [0.2, 0.25) is 5.91 Å². The average Bonchev–Trinajstić information content (AvgIpc) is 3.37. The lowest BCUT2D eigenvalue weighted by Crippen LogP contribution is -2.43. The molecular weight excluding hydrogens is 364 g/mol. The van der Waals surface area contributed by atoms with E-state index in [1.165, 1.54) is 11.3 Å². The minimum Gasteiger partial charge on any atom is -0.486 e. The van der Waals surface area contributed by atoms with Crippen LogP contribution in [0, 0.1) is 0 Å². The quantitative estimate of drug-likeness (QED) is 0.856. The number of benzene rings is 1. The maximum absolute atomic E-state index is 13.0. The van der Waals surface area contributed by atoms with Crippen molar-refractivity contribution in [3.05, 3.63) is 35.2 Å². The highest BCUT2D eigenvalue weighted by Gasteiger charge is 2.29. The molecule has 2 aromatic rings. The second-order valence-corrected chi connectivity index (χ2v) is 7.94. The van der Waals surface area contributed by atoms with Crippen molar-refractivity contribution in [2.45, 2.75) is 31.7 Å². The molecule has 0 saturated heterocycles. The summed E-state index contributed by atoms with van der Waals surface area (Å²) in [6, 6.07) is 9.65. The van der Waals surface area contributed by atoms with Crippen molar-refractivity contribution in [2.75, 3.05) is 19.8 Å². The van der Waals surface area contributed by atoms with Gasteiger partial charge in [-0.3, -0.25) is 9.59 Å². The molecule has 1 aromatic heterocycles. The second kappa shape index (κ2) is 7.60. The molecule has 4 rings (SSSR count). The van der Waals surface area contributed by atoms with Gasteiger partial charge in [-0.1, -0.05) is 12.8 Å². The van der Waals surface area contributed by atoms with Crippen LogP contribution in [0.4, 0.5) is 0 Å². The number of nitrogens with zero attached hydrogens (tertiary/aromatic N) is 1. The van der Waals surface area contributed by atoms with E-state index in [4.69, 9.17) is 15.2 Å². The first-order valence-electron chi connectivity index (χ1n) is 9.21. The smallest absolute Gasteiger partial charge is 0.264 e. The van der Waals surface area contributed by atoms with Crippen LogP contribution in [0.3, 0.4) is 0 Å². The summed E-state index contributed by atoms with van der Waals surface area (Å²) in [5, 5.41) is 0. The SMILES string of the molecule is NC(=O)CN(C(=O)c1ccc(-c2ccc3c(c2)OCCO3)s1)C1CCCC1. The van der Waals surface area contributed by atoms with E-state index in [0.29, 0.717) is 18.1 Å². The predicted octanol–water partition coefficient (Wildman–Crippen LogP) is 3.06. The molecule has 1 fully saturated rings. The Hall–Kier alpha value is -2.54. The van der Waals surface area contributed by atoms with Crippen molar-refractivity contribution in [1.82, 2.24) is 4.90 Å². The fourth-order valence-electron chi connectivity index (χ4n) is 3.70. The van der Waals surface area contributed by atoms with Crippen LogP contribution in [0.15, 0.2) is 30.3 Å². The zero-order valence-electron chi connectivity index (χ0n) is 15.0. The Morgan fingerprint density at radius 1 is 1.07 bits per heavy atom. The molecule has 2 amide bonds. The van der Waals surface area contributed by atoms with Gasteiger partial charge in [-0.05, 0) is 48.7 Å². The minimum absolute atomic E-state index is 0.0270. The number of fused-ring (bicyclic) bond motifs is 1. The number of carbonyl (C=O) groups is 2. The first-order valence-corrected chi connectivity index (χ1v) is 10.0. The largest absolute Gasteiger partial charge is 0.486 e. The summed E-state index contributed by atoms with van der Waals surface area (Å²) in [4.78, 5) is 27.7. The third kappa shape index (κ3) is 3.78. The van der Waals surface area contributed by atoms with Crippen LogP contribution < -0.4 is 15.2 Å². The average molecular weight is 386 g/mol. The van der Waals surface area contributed by atoms with Gasteiger partial charge in [0, 0.05) is 10.9 Å². The lowest BCUT2D eigenvalue weighted by atomic mass is 10.1. The van der Waals surface area contributed by atoms with Crippen LogP contribution in [0.25, 0.3) is 10.4 Å². The summed E-state index contributed by atoms with van der Waals surface area (Å²) in [5.41, 5.74) is 6.36. The highest BCUT2D eigenvalue weighted by molar-refractivity contribution is 7.17. The van der Waals surface area contributed by atoms with Crippen molar-refractivity contribution in [3.63, 3.8) is 0 Å². The molecule has 1 aliphatic heterocycles. The molecule has 7 heteroatoms. The van der Waals surface area contributed by atoms with Crippen molar-refractivity contribution in [3.8, 4) is 21.9 Å². The fourth-order valence-corrected chi connectivity index (χ4v) is 4.66. The summed E-state index contributed by atoms with van der Waals surface area (Å²) >= 11 is 1.42. The van der Waals surface area contributed by atoms with Crippen LogP contribution in [0.1, 0.15) is 35.4 Å². The zero-order valence-corrected chi connectivity index (χ0v) is 15.8. The molecule has 2 N–H and O–H groups in total. The Morgan fingerprint density at radius 3 is 2.56 bits per heavy atom. The molecule has 0 spiro atoms. The van der Waals surface area contributed by atoms with Crippen LogP contribution in [0.5, 0.6) is 11.5 Å².